The molecule has 82 valence electrons. The van der Waals surface area contributed by atoms with Gasteiger partial charge in [-0.25, -0.2) is 0 Å². The molecule has 1 atom stereocenters. The lowest BCUT2D eigenvalue weighted by atomic mass is 9.87. The van der Waals surface area contributed by atoms with Gasteiger partial charge in [0, 0.05) is 24.8 Å². The number of hydrogen-bond acceptors (Lipinski definition) is 3. The molecule has 1 aliphatic heterocycles. The molecular weight excluding hydrogens is 190 g/mol. The van der Waals surface area contributed by atoms with Crippen LogP contribution in [0.3, 0.4) is 0 Å². The maximum Gasteiger partial charge on any atom is 0.120 e. The van der Waals surface area contributed by atoms with Gasteiger partial charge in [0.1, 0.15) is 5.75 Å². The SMILES string of the molecule is N[C@@H](c1ccccc1O)C1CCOCC1. The van der Waals surface area contributed by atoms with Gasteiger partial charge in [-0.2, -0.15) is 0 Å². The zero-order valence-electron chi connectivity index (χ0n) is 8.73. The van der Waals surface area contributed by atoms with Gasteiger partial charge in [-0.3, -0.25) is 0 Å². The summed E-state index contributed by atoms with van der Waals surface area (Å²) in [6.45, 7) is 1.57. The Balaban J connectivity index is 2.12. The predicted octanol–water partition coefficient (Wildman–Crippen LogP) is 1.82. The van der Waals surface area contributed by atoms with Crippen molar-refractivity contribution >= 4 is 0 Å². The first kappa shape index (κ1) is 10.5. The summed E-state index contributed by atoms with van der Waals surface area (Å²) in [5.74, 6) is 0.726. The molecular formula is C12H17NO2. The fourth-order valence-corrected chi connectivity index (χ4v) is 2.10. The van der Waals surface area contributed by atoms with Crippen LogP contribution in [-0.2, 0) is 4.74 Å². The van der Waals surface area contributed by atoms with Crippen LogP contribution in [0.15, 0.2) is 24.3 Å². The molecule has 1 saturated heterocycles. The van der Waals surface area contributed by atoms with Crippen molar-refractivity contribution in [1.29, 1.82) is 0 Å². The number of phenolic OH excluding ortho intramolecular Hbond substituents is 1. The van der Waals surface area contributed by atoms with Gasteiger partial charge in [0.2, 0.25) is 0 Å². The molecule has 0 amide bonds. The molecule has 1 heterocycles. The van der Waals surface area contributed by atoms with Crippen molar-refractivity contribution in [2.45, 2.75) is 18.9 Å². The van der Waals surface area contributed by atoms with Crippen molar-refractivity contribution in [2.75, 3.05) is 13.2 Å². The first-order valence-corrected chi connectivity index (χ1v) is 5.40. The number of phenols is 1. The van der Waals surface area contributed by atoms with Gasteiger partial charge in [0.05, 0.1) is 0 Å². The number of para-hydroxylation sites is 1. The van der Waals surface area contributed by atoms with Gasteiger partial charge in [-0.05, 0) is 24.8 Å². The fraction of sp³-hybridized carbons (Fsp3) is 0.500. The number of aromatic hydroxyl groups is 1. The van der Waals surface area contributed by atoms with Crippen molar-refractivity contribution in [3.63, 3.8) is 0 Å². The molecule has 0 unspecified atom stereocenters. The highest BCUT2D eigenvalue weighted by molar-refractivity contribution is 5.34. The van der Waals surface area contributed by atoms with E-state index in [1.807, 2.05) is 18.2 Å². The summed E-state index contributed by atoms with van der Waals surface area (Å²) < 4.78 is 5.30. The number of nitrogens with two attached hydrogens (primary N) is 1. The summed E-state index contributed by atoms with van der Waals surface area (Å²) in [5, 5.41) is 9.70. The van der Waals surface area contributed by atoms with E-state index in [9.17, 15) is 5.11 Å². The molecule has 3 nitrogen and oxygen atoms in total. The van der Waals surface area contributed by atoms with E-state index in [2.05, 4.69) is 0 Å². The van der Waals surface area contributed by atoms with Crippen molar-refractivity contribution in [1.82, 2.24) is 0 Å². The van der Waals surface area contributed by atoms with Crippen molar-refractivity contribution in [2.24, 2.45) is 11.7 Å². The Hall–Kier alpha value is -1.06. The molecule has 15 heavy (non-hydrogen) atoms. The number of rotatable bonds is 2. The Morgan fingerprint density at radius 2 is 1.93 bits per heavy atom. The zero-order chi connectivity index (χ0) is 10.7. The minimum atomic E-state index is -0.0740. The molecule has 1 aliphatic rings. The average molecular weight is 207 g/mol. The highest BCUT2D eigenvalue weighted by Crippen LogP contribution is 2.32. The van der Waals surface area contributed by atoms with E-state index in [0.29, 0.717) is 11.7 Å². The van der Waals surface area contributed by atoms with E-state index in [4.69, 9.17) is 10.5 Å². The van der Waals surface area contributed by atoms with Crippen molar-refractivity contribution in [3.8, 4) is 5.75 Å². The van der Waals surface area contributed by atoms with E-state index in [0.717, 1.165) is 31.6 Å². The topological polar surface area (TPSA) is 55.5 Å². The van der Waals surface area contributed by atoms with Crippen molar-refractivity contribution < 1.29 is 9.84 Å². The van der Waals surface area contributed by atoms with E-state index in [-0.39, 0.29) is 6.04 Å². The Morgan fingerprint density at radius 3 is 2.60 bits per heavy atom. The third kappa shape index (κ3) is 2.30. The largest absolute Gasteiger partial charge is 0.508 e. The summed E-state index contributed by atoms with van der Waals surface area (Å²) in [5.41, 5.74) is 7.01. The van der Waals surface area contributed by atoms with Crippen LogP contribution in [-0.4, -0.2) is 18.3 Å². The molecule has 0 spiro atoms. The number of hydrogen-bond donors (Lipinski definition) is 2. The summed E-state index contributed by atoms with van der Waals surface area (Å²) in [6.07, 6.45) is 1.96. The normalized spacial score (nSPS) is 20.1. The van der Waals surface area contributed by atoms with Crippen LogP contribution in [0.25, 0.3) is 0 Å². The monoisotopic (exact) mass is 207 g/mol. The summed E-state index contributed by atoms with van der Waals surface area (Å²) >= 11 is 0. The third-order valence-electron chi connectivity index (χ3n) is 3.07. The van der Waals surface area contributed by atoms with Crippen LogP contribution < -0.4 is 5.73 Å². The lowest BCUT2D eigenvalue weighted by Crippen LogP contribution is -2.27. The summed E-state index contributed by atoms with van der Waals surface area (Å²) in [4.78, 5) is 0. The summed E-state index contributed by atoms with van der Waals surface area (Å²) in [7, 11) is 0. The number of benzene rings is 1. The lowest BCUT2D eigenvalue weighted by Gasteiger charge is -2.28. The Bertz CT molecular complexity index is 321. The van der Waals surface area contributed by atoms with E-state index in [1.165, 1.54) is 0 Å². The molecule has 3 heteroatoms. The molecule has 0 aliphatic carbocycles. The first-order valence-electron chi connectivity index (χ1n) is 5.40. The zero-order valence-corrected chi connectivity index (χ0v) is 8.73. The first-order chi connectivity index (χ1) is 7.29. The van der Waals surface area contributed by atoms with Gasteiger partial charge in [0.15, 0.2) is 0 Å². The highest BCUT2D eigenvalue weighted by atomic mass is 16.5. The maximum absolute atomic E-state index is 9.70. The Kier molecular flexibility index (Phi) is 3.23. The quantitative estimate of drug-likeness (QED) is 0.777. The molecule has 0 aromatic heterocycles. The molecule has 1 aromatic carbocycles. The standard InChI is InChI=1S/C12H17NO2/c13-12(9-5-7-15-8-6-9)10-3-1-2-4-11(10)14/h1-4,9,12,14H,5-8,13H2/t12-/m1/s1. The van der Waals surface area contributed by atoms with E-state index >= 15 is 0 Å². The minimum absolute atomic E-state index is 0.0740. The molecule has 0 saturated carbocycles. The number of ether oxygens (including phenoxy) is 1. The highest BCUT2D eigenvalue weighted by Gasteiger charge is 2.23. The molecule has 1 aromatic rings. The van der Waals surface area contributed by atoms with Crippen LogP contribution in [0.2, 0.25) is 0 Å². The van der Waals surface area contributed by atoms with Gasteiger partial charge >= 0.3 is 0 Å². The summed E-state index contributed by atoms with van der Waals surface area (Å²) in [6, 6.07) is 7.24. The Labute approximate surface area is 89.9 Å². The maximum atomic E-state index is 9.70. The second-order valence-electron chi connectivity index (χ2n) is 4.03. The second kappa shape index (κ2) is 4.64. The smallest absolute Gasteiger partial charge is 0.120 e. The minimum Gasteiger partial charge on any atom is -0.508 e. The third-order valence-corrected chi connectivity index (χ3v) is 3.07. The van der Waals surface area contributed by atoms with Crippen LogP contribution in [0.5, 0.6) is 5.75 Å². The van der Waals surface area contributed by atoms with Crippen LogP contribution in [0, 0.1) is 5.92 Å². The van der Waals surface area contributed by atoms with E-state index in [1.54, 1.807) is 6.07 Å². The van der Waals surface area contributed by atoms with E-state index < -0.39 is 0 Å². The van der Waals surface area contributed by atoms with Crippen molar-refractivity contribution in [3.05, 3.63) is 29.8 Å². The van der Waals surface area contributed by atoms with Crippen LogP contribution in [0.4, 0.5) is 0 Å². The lowest BCUT2D eigenvalue weighted by molar-refractivity contribution is 0.0581. The second-order valence-corrected chi connectivity index (χ2v) is 4.03. The predicted molar refractivity (Wildman–Crippen MR) is 58.6 cm³/mol. The molecule has 2 rings (SSSR count). The van der Waals surface area contributed by atoms with Crippen LogP contribution in [0.1, 0.15) is 24.4 Å². The van der Waals surface area contributed by atoms with Gasteiger partial charge in [-0.15, -0.1) is 0 Å². The van der Waals surface area contributed by atoms with Gasteiger partial charge in [0.25, 0.3) is 0 Å². The van der Waals surface area contributed by atoms with Crippen LogP contribution >= 0.6 is 0 Å². The Morgan fingerprint density at radius 1 is 1.27 bits per heavy atom. The molecule has 0 bridgehead atoms. The molecule has 3 N–H and O–H groups in total. The average Bonchev–Trinajstić information content (AvgIpc) is 2.30. The fourth-order valence-electron chi connectivity index (χ4n) is 2.10. The van der Waals surface area contributed by atoms with Gasteiger partial charge < -0.3 is 15.6 Å². The molecule has 0 radical (unpaired) electrons. The molecule has 1 fully saturated rings. The van der Waals surface area contributed by atoms with Gasteiger partial charge in [-0.1, -0.05) is 18.2 Å².